The molecule has 0 aromatic carbocycles. The van der Waals surface area contributed by atoms with Crippen molar-refractivity contribution >= 4 is 16.5 Å². The second kappa shape index (κ2) is 2.51. The maximum Gasteiger partial charge on any atom is 0.130 e. The highest BCUT2D eigenvalue weighted by molar-refractivity contribution is 7.09. The van der Waals surface area contributed by atoms with Crippen LogP contribution >= 0.6 is 11.5 Å². The van der Waals surface area contributed by atoms with E-state index in [2.05, 4.69) is 14.9 Å². The predicted molar refractivity (Wildman–Crippen MR) is 38.1 cm³/mol. The Labute approximate surface area is 62.4 Å². The molecule has 0 saturated carbocycles. The molecule has 1 aliphatic rings. The van der Waals surface area contributed by atoms with Crippen LogP contribution in [-0.2, 0) is 4.74 Å². The van der Waals surface area contributed by atoms with E-state index in [0.29, 0.717) is 6.04 Å². The van der Waals surface area contributed by atoms with Gasteiger partial charge in [-0.25, -0.2) is 0 Å². The summed E-state index contributed by atoms with van der Waals surface area (Å²) in [6.07, 6.45) is 1.73. The lowest BCUT2D eigenvalue weighted by molar-refractivity contribution is 0.0212. The lowest BCUT2D eigenvalue weighted by atomic mass is 10.3. The van der Waals surface area contributed by atoms with Crippen LogP contribution in [0.15, 0.2) is 6.20 Å². The number of nitrogens with one attached hydrogen (secondary N) is 1. The van der Waals surface area contributed by atoms with Gasteiger partial charge in [-0.2, -0.15) is 0 Å². The number of hydrogen-bond donors (Lipinski definition) is 1. The van der Waals surface area contributed by atoms with Crippen LogP contribution in [0.5, 0.6) is 0 Å². The summed E-state index contributed by atoms with van der Waals surface area (Å²) in [5, 5.41) is 7.95. The Bertz CT molecular complexity index is 197. The summed E-state index contributed by atoms with van der Waals surface area (Å²) in [5.41, 5.74) is 0. The fourth-order valence-electron chi connectivity index (χ4n) is 0.751. The van der Waals surface area contributed by atoms with Gasteiger partial charge < -0.3 is 10.1 Å². The van der Waals surface area contributed by atoms with Crippen LogP contribution in [-0.4, -0.2) is 28.8 Å². The van der Waals surface area contributed by atoms with Crippen molar-refractivity contribution in [3.05, 3.63) is 6.20 Å². The Kier molecular flexibility index (Phi) is 1.52. The van der Waals surface area contributed by atoms with Crippen molar-refractivity contribution in [1.82, 2.24) is 9.59 Å². The first kappa shape index (κ1) is 6.06. The zero-order valence-electron chi connectivity index (χ0n) is 5.28. The molecule has 1 aromatic heterocycles. The van der Waals surface area contributed by atoms with Crippen LogP contribution in [0.3, 0.4) is 0 Å². The molecule has 0 atom stereocenters. The smallest absolute Gasteiger partial charge is 0.130 e. The Morgan fingerprint density at radius 1 is 1.70 bits per heavy atom. The van der Waals surface area contributed by atoms with Gasteiger partial charge in [-0.1, -0.05) is 4.49 Å². The van der Waals surface area contributed by atoms with Crippen LogP contribution in [0.4, 0.5) is 5.00 Å². The van der Waals surface area contributed by atoms with E-state index in [4.69, 9.17) is 4.74 Å². The van der Waals surface area contributed by atoms with Gasteiger partial charge in [0.05, 0.1) is 25.5 Å². The van der Waals surface area contributed by atoms with Crippen LogP contribution in [0.2, 0.25) is 0 Å². The minimum atomic E-state index is 0.474. The number of ether oxygens (including phenoxy) is 1. The van der Waals surface area contributed by atoms with E-state index < -0.39 is 0 Å². The third kappa shape index (κ3) is 1.10. The van der Waals surface area contributed by atoms with Crippen LogP contribution < -0.4 is 5.32 Å². The molecule has 10 heavy (non-hydrogen) atoms. The molecule has 0 unspecified atom stereocenters. The average Bonchev–Trinajstić information content (AvgIpc) is 2.29. The molecular weight excluding hydrogens is 150 g/mol. The van der Waals surface area contributed by atoms with E-state index in [1.54, 1.807) is 6.20 Å². The minimum absolute atomic E-state index is 0.474. The lowest BCUT2D eigenvalue weighted by Gasteiger charge is -2.26. The van der Waals surface area contributed by atoms with E-state index in [9.17, 15) is 0 Å². The Morgan fingerprint density at radius 2 is 2.60 bits per heavy atom. The highest BCUT2D eigenvalue weighted by Gasteiger charge is 2.17. The van der Waals surface area contributed by atoms with Gasteiger partial charge in [-0.3, -0.25) is 0 Å². The van der Waals surface area contributed by atoms with Gasteiger partial charge in [-0.15, -0.1) is 5.10 Å². The minimum Gasteiger partial charge on any atom is -0.377 e. The lowest BCUT2D eigenvalue weighted by Crippen LogP contribution is -2.39. The van der Waals surface area contributed by atoms with Gasteiger partial charge >= 0.3 is 0 Å². The third-order valence-corrected chi connectivity index (χ3v) is 1.94. The standard InChI is InChI=1S/C5H7N3OS/c1-5(10-8-6-1)7-4-2-9-3-4/h1,4,7H,2-3H2. The van der Waals surface area contributed by atoms with Gasteiger partial charge in [0.1, 0.15) is 5.00 Å². The van der Waals surface area contributed by atoms with Crippen LogP contribution in [0.25, 0.3) is 0 Å². The van der Waals surface area contributed by atoms with Gasteiger partial charge in [0.25, 0.3) is 0 Å². The molecule has 0 radical (unpaired) electrons. The first-order chi connectivity index (χ1) is 4.95. The first-order valence-corrected chi connectivity index (χ1v) is 3.84. The van der Waals surface area contributed by atoms with Crippen molar-refractivity contribution in [2.24, 2.45) is 0 Å². The predicted octanol–water partition coefficient (Wildman–Crippen LogP) is 0.349. The summed E-state index contributed by atoms with van der Waals surface area (Å²) in [6.45, 7) is 1.61. The van der Waals surface area contributed by atoms with Crippen molar-refractivity contribution < 1.29 is 4.74 Å². The summed E-state index contributed by atoms with van der Waals surface area (Å²) < 4.78 is 8.71. The molecule has 1 aliphatic heterocycles. The van der Waals surface area contributed by atoms with E-state index in [1.165, 1.54) is 11.5 Å². The fraction of sp³-hybridized carbons (Fsp3) is 0.600. The molecule has 5 heteroatoms. The quantitative estimate of drug-likeness (QED) is 0.673. The summed E-state index contributed by atoms with van der Waals surface area (Å²) in [7, 11) is 0. The number of aromatic nitrogens is 2. The van der Waals surface area contributed by atoms with Crippen LogP contribution in [0.1, 0.15) is 0 Å². The second-order valence-electron chi connectivity index (χ2n) is 2.16. The van der Waals surface area contributed by atoms with Gasteiger partial charge in [0.2, 0.25) is 0 Å². The Morgan fingerprint density at radius 3 is 3.10 bits per heavy atom. The van der Waals surface area contributed by atoms with Crippen molar-refractivity contribution in [2.75, 3.05) is 18.5 Å². The van der Waals surface area contributed by atoms with Crippen molar-refractivity contribution in [1.29, 1.82) is 0 Å². The number of rotatable bonds is 2. The monoisotopic (exact) mass is 157 g/mol. The molecule has 0 spiro atoms. The summed E-state index contributed by atoms with van der Waals surface area (Å²) in [4.78, 5) is 0. The van der Waals surface area contributed by atoms with Crippen molar-refractivity contribution in [2.45, 2.75) is 6.04 Å². The third-order valence-electron chi connectivity index (χ3n) is 1.35. The molecule has 4 nitrogen and oxygen atoms in total. The number of anilines is 1. The molecule has 1 aromatic rings. The highest BCUT2D eigenvalue weighted by atomic mass is 32.1. The van der Waals surface area contributed by atoms with Crippen molar-refractivity contribution in [3.63, 3.8) is 0 Å². The zero-order valence-corrected chi connectivity index (χ0v) is 6.10. The number of hydrogen-bond acceptors (Lipinski definition) is 5. The molecule has 2 heterocycles. The van der Waals surface area contributed by atoms with Gasteiger partial charge in [0, 0.05) is 11.5 Å². The highest BCUT2D eigenvalue weighted by Crippen LogP contribution is 2.13. The van der Waals surface area contributed by atoms with E-state index in [0.717, 1.165) is 18.2 Å². The van der Waals surface area contributed by atoms with Gasteiger partial charge in [0.15, 0.2) is 0 Å². The van der Waals surface area contributed by atoms with Crippen molar-refractivity contribution in [3.8, 4) is 0 Å². The number of nitrogens with zero attached hydrogens (tertiary/aromatic N) is 2. The second-order valence-corrected chi connectivity index (χ2v) is 2.95. The topological polar surface area (TPSA) is 47.0 Å². The van der Waals surface area contributed by atoms with E-state index >= 15 is 0 Å². The maximum atomic E-state index is 4.98. The van der Waals surface area contributed by atoms with E-state index in [-0.39, 0.29) is 0 Å². The molecule has 0 aliphatic carbocycles. The summed E-state index contributed by atoms with van der Waals surface area (Å²) >= 11 is 1.37. The average molecular weight is 157 g/mol. The summed E-state index contributed by atoms with van der Waals surface area (Å²) in [5.74, 6) is 0. The molecule has 54 valence electrons. The maximum absolute atomic E-state index is 4.98. The van der Waals surface area contributed by atoms with E-state index in [1.807, 2.05) is 0 Å². The Hall–Kier alpha value is -0.680. The molecule has 0 bridgehead atoms. The molecule has 1 saturated heterocycles. The molecule has 2 rings (SSSR count). The largest absolute Gasteiger partial charge is 0.377 e. The molecule has 1 fully saturated rings. The zero-order chi connectivity index (χ0) is 6.81. The van der Waals surface area contributed by atoms with Gasteiger partial charge in [-0.05, 0) is 0 Å². The SMILES string of the molecule is c1nnsc1NC1COC1. The summed E-state index contributed by atoms with van der Waals surface area (Å²) in [6, 6.07) is 0.474. The fourth-order valence-corrected chi connectivity index (χ4v) is 1.25. The molecular formula is C5H7N3OS. The molecule has 1 N–H and O–H groups in total. The first-order valence-electron chi connectivity index (χ1n) is 3.07. The van der Waals surface area contributed by atoms with Crippen LogP contribution in [0, 0.1) is 0 Å². The molecule has 0 amide bonds. The Balaban J connectivity index is 1.90. The normalized spacial score (nSPS) is 18.4.